The van der Waals surface area contributed by atoms with E-state index >= 15 is 0 Å². The second-order valence-electron chi connectivity index (χ2n) is 11.6. The molecular weight excluding hydrogens is 635 g/mol. The first-order valence-electron chi connectivity index (χ1n) is 15.6. The van der Waals surface area contributed by atoms with Crippen LogP contribution in [0.3, 0.4) is 0 Å². The van der Waals surface area contributed by atoms with Gasteiger partial charge >= 0.3 is 12.1 Å². The zero-order chi connectivity index (χ0) is 34.4. The fraction of sp³-hybridized carbons (Fsp3) is 0.469. The third-order valence-corrected chi connectivity index (χ3v) is 8.36. The normalized spacial score (nSPS) is 16.9. The molecule has 13 nitrogen and oxygen atoms in total. The molecule has 0 saturated carbocycles. The molecule has 0 spiro atoms. The molecule has 2 aromatic heterocycles. The predicted molar refractivity (Wildman–Crippen MR) is 172 cm³/mol. The first-order valence-corrected chi connectivity index (χ1v) is 15.6. The molecule has 0 bridgehead atoms. The van der Waals surface area contributed by atoms with Gasteiger partial charge in [-0.25, -0.2) is 19.7 Å². The van der Waals surface area contributed by atoms with Gasteiger partial charge in [-0.3, -0.25) is 20.0 Å². The molecule has 2 aromatic carbocycles. The number of hydrogen-bond acceptors (Lipinski definition) is 11. The van der Waals surface area contributed by atoms with E-state index in [0.29, 0.717) is 52.3 Å². The van der Waals surface area contributed by atoms with Crippen molar-refractivity contribution in [3.8, 4) is 17.2 Å². The molecule has 258 valence electrons. The van der Waals surface area contributed by atoms with E-state index in [1.807, 2.05) is 19.1 Å². The van der Waals surface area contributed by atoms with Crippen molar-refractivity contribution in [1.82, 2.24) is 29.7 Å². The van der Waals surface area contributed by atoms with Crippen molar-refractivity contribution < 1.29 is 37.3 Å². The van der Waals surface area contributed by atoms with Gasteiger partial charge in [0.2, 0.25) is 11.9 Å². The maximum atomic E-state index is 13.0. The van der Waals surface area contributed by atoms with Crippen LogP contribution in [0.25, 0.3) is 21.8 Å². The molecule has 1 atom stereocenters. The summed E-state index contributed by atoms with van der Waals surface area (Å²) in [5.41, 5.74) is 1.72. The number of halogens is 3. The number of hydrogen-bond donors (Lipinski definition) is 3. The third kappa shape index (κ3) is 8.41. The van der Waals surface area contributed by atoms with Crippen molar-refractivity contribution in [2.24, 2.45) is 0 Å². The van der Waals surface area contributed by atoms with E-state index < -0.39 is 12.1 Å². The lowest BCUT2D eigenvalue weighted by Gasteiger charge is -2.28. The number of rotatable bonds is 10. The number of carbonyl (C=O) groups is 1. The number of H-pyrrole nitrogens is 1. The van der Waals surface area contributed by atoms with Crippen LogP contribution in [0.2, 0.25) is 0 Å². The molecule has 16 heteroatoms. The van der Waals surface area contributed by atoms with E-state index in [4.69, 9.17) is 24.1 Å². The number of aryl methyl sites for hydroxylation is 1. The number of methoxy groups -OCH3 is 2. The van der Waals surface area contributed by atoms with E-state index in [-0.39, 0.29) is 11.5 Å². The first kappa shape index (κ1) is 34.6. The first-order chi connectivity index (χ1) is 22.9. The summed E-state index contributed by atoms with van der Waals surface area (Å²) < 4.78 is 48.6. The maximum Gasteiger partial charge on any atom is 0.490 e. The largest absolute Gasteiger partial charge is 0.493 e. The third-order valence-electron chi connectivity index (χ3n) is 8.36. The molecule has 0 amide bonds. The average molecular weight is 674 g/mol. The lowest BCUT2D eigenvalue weighted by atomic mass is 10.1. The van der Waals surface area contributed by atoms with E-state index in [2.05, 4.69) is 35.1 Å². The second kappa shape index (κ2) is 15.0. The molecule has 4 heterocycles. The van der Waals surface area contributed by atoms with Crippen LogP contribution in [0.4, 0.5) is 25.1 Å². The van der Waals surface area contributed by atoms with Gasteiger partial charge in [0.25, 0.3) is 5.56 Å². The lowest BCUT2D eigenvalue weighted by molar-refractivity contribution is -0.192. The van der Waals surface area contributed by atoms with Crippen LogP contribution in [0, 0.1) is 6.92 Å². The van der Waals surface area contributed by atoms with Gasteiger partial charge in [0.1, 0.15) is 12.4 Å². The molecule has 48 heavy (non-hydrogen) atoms. The number of aliphatic carboxylic acids is 1. The Balaban J connectivity index is 0.000000582. The van der Waals surface area contributed by atoms with Crippen LogP contribution < -0.4 is 25.1 Å². The van der Waals surface area contributed by atoms with E-state index in [1.165, 1.54) is 45.3 Å². The molecule has 3 N–H and O–H groups in total. The van der Waals surface area contributed by atoms with Crippen molar-refractivity contribution in [2.45, 2.75) is 44.8 Å². The molecule has 6 rings (SSSR count). The highest BCUT2D eigenvalue weighted by Crippen LogP contribution is 2.33. The molecule has 2 saturated heterocycles. The Morgan fingerprint density at radius 1 is 1.00 bits per heavy atom. The van der Waals surface area contributed by atoms with Crippen LogP contribution >= 0.6 is 0 Å². The minimum absolute atomic E-state index is 0.258. The van der Waals surface area contributed by atoms with Crippen molar-refractivity contribution in [3.05, 3.63) is 46.4 Å². The minimum atomic E-state index is -5.08. The highest BCUT2D eigenvalue weighted by molar-refractivity contribution is 5.86. The molecule has 2 aliphatic rings. The summed E-state index contributed by atoms with van der Waals surface area (Å²) in [5, 5.41) is 11.5. The van der Waals surface area contributed by atoms with Crippen molar-refractivity contribution >= 4 is 39.7 Å². The smallest absolute Gasteiger partial charge is 0.490 e. The van der Waals surface area contributed by atoms with E-state index in [0.717, 1.165) is 24.2 Å². The number of anilines is 2. The van der Waals surface area contributed by atoms with Gasteiger partial charge in [-0.15, -0.1) is 0 Å². The van der Waals surface area contributed by atoms with Gasteiger partial charge in [0.05, 0.1) is 36.3 Å². The molecule has 2 fully saturated rings. The Morgan fingerprint density at radius 3 is 2.40 bits per heavy atom. The SMILES string of the molecule is COc1cc2nc(Nc3nc4ccc(OCCN5CCCC5CN5CCCC5)cc4c(=O)[nH]3)nc(C)c2cc1OC.O=C(O)C(F)(F)F. The van der Waals surface area contributed by atoms with Crippen LogP contribution in [0.1, 0.15) is 31.4 Å². The topological polar surface area (TPSA) is 155 Å². The summed E-state index contributed by atoms with van der Waals surface area (Å²) >= 11 is 0. The number of ether oxygens (including phenoxy) is 3. The van der Waals surface area contributed by atoms with Gasteiger partial charge in [-0.2, -0.15) is 13.2 Å². The fourth-order valence-electron chi connectivity index (χ4n) is 5.98. The zero-order valence-electron chi connectivity index (χ0n) is 26.9. The molecule has 2 aliphatic heterocycles. The van der Waals surface area contributed by atoms with Crippen LogP contribution in [-0.2, 0) is 4.79 Å². The number of alkyl halides is 3. The quantitative estimate of drug-likeness (QED) is 0.217. The lowest BCUT2D eigenvalue weighted by Crippen LogP contribution is -2.41. The Labute approximate surface area is 274 Å². The molecular formula is C32H38F3N7O6. The van der Waals surface area contributed by atoms with Crippen LogP contribution in [0.15, 0.2) is 35.1 Å². The zero-order valence-corrected chi connectivity index (χ0v) is 26.9. The summed E-state index contributed by atoms with van der Waals surface area (Å²) in [6.07, 6.45) is 0.0764. The molecule has 1 unspecified atom stereocenters. The number of aromatic nitrogens is 4. The summed E-state index contributed by atoms with van der Waals surface area (Å²) in [5.74, 6) is -0.343. The Morgan fingerprint density at radius 2 is 1.71 bits per heavy atom. The summed E-state index contributed by atoms with van der Waals surface area (Å²) in [6.45, 7) is 8.12. The minimum Gasteiger partial charge on any atom is -0.493 e. The number of fused-ring (bicyclic) bond motifs is 2. The van der Waals surface area contributed by atoms with E-state index in [9.17, 15) is 18.0 Å². The average Bonchev–Trinajstić information content (AvgIpc) is 3.73. The standard InChI is InChI=1S/C30H37N7O4.C2HF3O2/c1-19-22-16-26(39-2)27(40-3)17-25(22)33-29(31-19)35-30-32-24-9-8-21(15-23(24)28(38)34-30)41-14-13-37-12-6-7-20(37)18-36-10-4-5-11-36;3-2(4,5)1(6)7/h8-9,15-17,20H,4-7,10-14,18H2,1-3H3,(H2,31,32,33,34,35,38);(H,6,7). The fourth-order valence-corrected chi connectivity index (χ4v) is 5.98. The van der Waals surface area contributed by atoms with Crippen molar-refractivity contribution in [3.63, 3.8) is 0 Å². The number of aromatic amines is 1. The van der Waals surface area contributed by atoms with Gasteiger partial charge in [-0.1, -0.05) is 0 Å². The van der Waals surface area contributed by atoms with Gasteiger partial charge in [-0.05, 0) is 76.5 Å². The van der Waals surface area contributed by atoms with Gasteiger partial charge in [0, 0.05) is 30.6 Å². The number of nitrogens with zero attached hydrogens (tertiary/aromatic N) is 5. The number of carboxylic acids is 1. The second-order valence-corrected chi connectivity index (χ2v) is 11.6. The maximum absolute atomic E-state index is 13.0. The van der Waals surface area contributed by atoms with Crippen LogP contribution in [0.5, 0.6) is 17.2 Å². The number of likely N-dealkylation sites (tertiary alicyclic amines) is 2. The molecule has 4 aromatic rings. The van der Waals surface area contributed by atoms with Gasteiger partial charge in [0.15, 0.2) is 11.5 Å². The number of benzene rings is 2. The number of nitrogens with one attached hydrogen (secondary N) is 2. The Kier molecular flexibility index (Phi) is 10.8. The molecule has 0 aliphatic carbocycles. The van der Waals surface area contributed by atoms with Crippen molar-refractivity contribution in [2.75, 3.05) is 58.9 Å². The number of carboxylic acid groups (broad SMARTS) is 1. The summed E-state index contributed by atoms with van der Waals surface area (Å²) in [7, 11) is 3.17. The Hall–Kier alpha value is -4.70. The van der Waals surface area contributed by atoms with Gasteiger partial charge < -0.3 is 24.2 Å². The van der Waals surface area contributed by atoms with E-state index in [1.54, 1.807) is 32.4 Å². The highest BCUT2D eigenvalue weighted by Gasteiger charge is 2.38. The van der Waals surface area contributed by atoms with Crippen LogP contribution in [-0.4, -0.2) is 107 Å². The molecule has 0 radical (unpaired) electrons. The summed E-state index contributed by atoms with van der Waals surface area (Å²) in [6, 6.07) is 9.69. The highest BCUT2D eigenvalue weighted by atomic mass is 19.4. The predicted octanol–water partition coefficient (Wildman–Crippen LogP) is 4.51. The monoisotopic (exact) mass is 673 g/mol. The Bertz CT molecular complexity index is 1810. The van der Waals surface area contributed by atoms with Crippen molar-refractivity contribution in [1.29, 1.82) is 0 Å². The summed E-state index contributed by atoms with van der Waals surface area (Å²) in [4.78, 5) is 43.6.